The quantitative estimate of drug-likeness (QED) is 0.0309. The Hall–Kier alpha value is -2.22. The predicted molar refractivity (Wildman–Crippen MR) is 199 cm³/mol. The van der Waals surface area contributed by atoms with Crippen LogP contribution in [0.1, 0.15) is 156 Å². The highest BCUT2D eigenvalue weighted by Gasteiger charge is 2.15. The summed E-state index contributed by atoms with van der Waals surface area (Å²) in [5.41, 5.74) is 0. The maximum Gasteiger partial charge on any atom is 0.305 e. The van der Waals surface area contributed by atoms with Gasteiger partial charge in [-0.25, -0.2) is 0 Å². The molecule has 0 aliphatic carbocycles. The van der Waals surface area contributed by atoms with Crippen LogP contribution in [0, 0.1) is 5.92 Å². The van der Waals surface area contributed by atoms with Crippen molar-refractivity contribution in [2.24, 2.45) is 5.92 Å². The molecule has 0 heterocycles. The zero-order chi connectivity index (χ0) is 35.2. The first-order valence-corrected chi connectivity index (χ1v) is 19.3. The third-order valence-electron chi connectivity index (χ3n) is 7.88. The summed E-state index contributed by atoms with van der Waals surface area (Å²) in [6, 6.07) is 0. The second-order valence-corrected chi connectivity index (χ2v) is 12.5. The molecule has 0 aromatic carbocycles. The van der Waals surface area contributed by atoms with Crippen molar-refractivity contribution in [3.63, 3.8) is 0 Å². The highest BCUT2D eigenvalue weighted by molar-refractivity contribution is 5.69. The third-order valence-corrected chi connectivity index (χ3v) is 7.88. The molecule has 0 amide bonds. The normalized spacial score (nSPS) is 12.8. The van der Waals surface area contributed by atoms with Crippen molar-refractivity contribution in [1.82, 2.24) is 0 Å². The number of aliphatic hydroxyl groups is 1. The van der Waals surface area contributed by atoms with Gasteiger partial charge in [-0.1, -0.05) is 101 Å². The molecule has 1 unspecified atom stereocenters. The summed E-state index contributed by atoms with van der Waals surface area (Å²) in [4.78, 5) is 24.6. The molecule has 7 heteroatoms. The summed E-state index contributed by atoms with van der Waals surface area (Å²) in [5.74, 6) is -0.707. The number of aliphatic hydroxyl groups excluding tert-OH is 1. The minimum Gasteiger partial charge on any atom is -0.465 e. The van der Waals surface area contributed by atoms with Gasteiger partial charge in [-0.3, -0.25) is 9.59 Å². The standard InChI is InChI=1S/C41H72O7/c1-4-7-10-13-14-15-16-17-18-19-20-21-22-23-24-29-39(43)47-36-38(32-33-42)37-48-40(44)30-25-26-31-41(45-34-27-11-8-5-2)46-35-28-12-9-6-3/h8-9,11-12,14-15,17-18,38,41-42H,4-7,10,13,16,19-37H2,1-3H3/b11-8-,12-9-,15-14-,18-17-. The Balaban J connectivity index is 4.07. The maximum absolute atomic E-state index is 12.4. The first kappa shape index (κ1) is 45.8. The molecular weight excluding hydrogens is 604 g/mol. The van der Waals surface area contributed by atoms with Crippen LogP contribution in [0.5, 0.6) is 0 Å². The number of hydrogen-bond acceptors (Lipinski definition) is 7. The Morgan fingerprint density at radius 3 is 1.60 bits per heavy atom. The van der Waals surface area contributed by atoms with E-state index in [9.17, 15) is 14.7 Å². The SMILES string of the molecule is CC/C=C\CCOC(CCCCC(=O)OCC(CCO)COC(=O)CCCCCCC/C=C\C/C=C\CCCCC)OCC/C=C\CC. The van der Waals surface area contributed by atoms with E-state index in [1.54, 1.807) is 0 Å². The van der Waals surface area contributed by atoms with Gasteiger partial charge in [0, 0.05) is 25.4 Å². The molecule has 0 aliphatic heterocycles. The second-order valence-electron chi connectivity index (χ2n) is 12.5. The molecule has 0 spiro atoms. The van der Waals surface area contributed by atoms with Gasteiger partial charge in [-0.05, 0) is 89.9 Å². The van der Waals surface area contributed by atoms with Crippen molar-refractivity contribution in [3.05, 3.63) is 48.6 Å². The van der Waals surface area contributed by atoms with Crippen LogP contribution < -0.4 is 0 Å². The van der Waals surface area contributed by atoms with Crippen molar-refractivity contribution in [3.8, 4) is 0 Å². The lowest BCUT2D eigenvalue weighted by Crippen LogP contribution is -2.22. The van der Waals surface area contributed by atoms with E-state index in [1.807, 2.05) is 0 Å². The van der Waals surface area contributed by atoms with E-state index in [2.05, 4.69) is 69.4 Å². The number of rotatable bonds is 35. The second kappa shape index (κ2) is 37.6. The summed E-state index contributed by atoms with van der Waals surface area (Å²) in [7, 11) is 0. The molecular formula is C41H72O7. The van der Waals surface area contributed by atoms with E-state index in [4.69, 9.17) is 18.9 Å². The lowest BCUT2D eigenvalue weighted by Gasteiger charge is -2.18. The lowest BCUT2D eigenvalue weighted by molar-refractivity contribution is -0.150. The smallest absolute Gasteiger partial charge is 0.305 e. The molecule has 0 saturated heterocycles. The van der Waals surface area contributed by atoms with Crippen LogP contribution in [0.3, 0.4) is 0 Å². The molecule has 0 aromatic rings. The first-order chi connectivity index (χ1) is 23.6. The van der Waals surface area contributed by atoms with E-state index >= 15 is 0 Å². The molecule has 0 bridgehead atoms. The minimum atomic E-state index is -0.278. The van der Waals surface area contributed by atoms with Gasteiger partial charge in [-0.15, -0.1) is 0 Å². The van der Waals surface area contributed by atoms with E-state index in [0.29, 0.717) is 38.9 Å². The first-order valence-electron chi connectivity index (χ1n) is 19.3. The number of esters is 2. The number of unbranched alkanes of at least 4 members (excludes halogenated alkanes) is 9. The van der Waals surface area contributed by atoms with E-state index in [-0.39, 0.29) is 44.0 Å². The molecule has 0 radical (unpaired) electrons. The fraction of sp³-hybridized carbons (Fsp3) is 0.756. The molecule has 0 fully saturated rings. The van der Waals surface area contributed by atoms with Gasteiger partial charge in [0.05, 0.1) is 26.4 Å². The van der Waals surface area contributed by atoms with Crippen molar-refractivity contribution >= 4 is 11.9 Å². The average molecular weight is 677 g/mol. The Morgan fingerprint density at radius 2 is 1.06 bits per heavy atom. The summed E-state index contributed by atoms with van der Waals surface area (Å²) in [6.07, 6.45) is 36.9. The van der Waals surface area contributed by atoms with Gasteiger partial charge in [0.1, 0.15) is 0 Å². The van der Waals surface area contributed by atoms with Crippen LogP contribution in [0.25, 0.3) is 0 Å². The summed E-state index contributed by atoms with van der Waals surface area (Å²) >= 11 is 0. The van der Waals surface area contributed by atoms with Gasteiger partial charge in [-0.2, -0.15) is 0 Å². The maximum atomic E-state index is 12.4. The zero-order valence-electron chi connectivity index (χ0n) is 31.1. The molecule has 48 heavy (non-hydrogen) atoms. The molecule has 0 aliphatic rings. The summed E-state index contributed by atoms with van der Waals surface area (Å²) < 4.78 is 22.8. The van der Waals surface area contributed by atoms with Crippen LogP contribution in [0.4, 0.5) is 0 Å². The topological polar surface area (TPSA) is 91.3 Å². The molecule has 0 saturated carbocycles. The van der Waals surface area contributed by atoms with E-state index in [0.717, 1.165) is 70.6 Å². The molecule has 0 rings (SSSR count). The monoisotopic (exact) mass is 677 g/mol. The highest BCUT2D eigenvalue weighted by Crippen LogP contribution is 2.13. The van der Waals surface area contributed by atoms with Crippen LogP contribution in [-0.4, -0.2) is 56.4 Å². The summed E-state index contributed by atoms with van der Waals surface area (Å²) in [6.45, 7) is 7.93. The Kier molecular flexibility index (Phi) is 35.9. The van der Waals surface area contributed by atoms with Crippen molar-refractivity contribution in [2.45, 2.75) is 162 Å². The third kappa shape index (κ3) is 33.7. The van der Waals surface area contributed by atoms with Crippen molar-refractivity contribution in [2.75, 3.05) is 33.0 Å². The van der Waals surface area contributed by atoms with Crippen LogP contribution >= 0.6 is 0 Å². The fourth-order valence-corrected chi connectivity index (χ4v) is 4.94. The van der Waals surface area contributed by atoms with Gasteiger partial charge >= 0.3 is 11.9 Å². The Bertz CT molecular complexity index is 813. The van der Waals surface area contributed by atoms with Crippen molar-refractivity contribution in [1.29, 1.82) is 0 Å². The predicted octanol–water partition coefficient (Wildman–Crippen LogP) is 10.5. The number of hydrogen-bond donors (Lipinski definition) is 1. The largest absolute Gasteiger partial charge is 0.465 e. The molecule has 278 valence electrons. The Labute approximate surface area is 294 Å². The van der Waals surface area contributed by atoms with Crippen molar-refractivity contribution < 1.29 is 33.6 Å². The number of carbonyl (C=O) groups is 2. The number of allylic oxidation sites excluding steroid dienone is 6. The van der Waals surface area contributed by atoms with E-state index < -0.39 is 0 Å². The summed E-state index contributed by atoms with van der Waals surface area (Å²) in [5, 5.41) is 9.43. The molecule has 7 nitrogen and oxygen atoms in total. The van der Waals surface area contributed by atoms with Crippen LogP contribution in [0.15, 0.2) is 48.6 Å². The van der Waals surface area contributed by atoms with Gasteiger partial charge < -0.3 is 24.1 Å². The average Bonchev–Trinajstić information content (AvgIpc) is 3.09. The molecule has 0 aromatic heterocycles. The minimum absolute atomic E-state index is 0.0471. The van der Waals surface area contributed by atoms with Crippen LogP contribution in [0.2, 0.25) is 0 Å². The molecule has 1 N–H and O–H groups in total. The molecule has 1 atom stereocenters. The zero-order valence-corrected chi connectivity index (χ0v) is 31.1. The lowest BCUT2D eigenvalue weighted by atomic mass is 10.1. The number of ether oxygens (including phenoxy) is 4. The highest BCUT2D eigenvalue weighted by atomic mass is 16.7. The number of carbonyl (C=O) groups excluding carboxylic acids is 2. The van der Waals surface area contributed by atoms with Gasteiger partial charge in [0.2, 0.25) is 0 Å². The fourth-order valence-electron chi connectivity index (χ4n) is 4.94. The Morgan fingerprint density at radius 1 is 0.562 bits per heavy atom. The van der Waals surface area contributed by atoms with Crippen LogP contribution in [-0.2, 0) is 28.5 Å². The van der Waals surface area contributed by atoms with E-state index in [1.165, 1.54) is 38.5 Å². The van der Waals surface area contributed by atoms with Gasteiger partial charge in [0.25, 0.3) is 0 Å². The van der Waals surface area contributed by atoms with Gasteiger partial charge in [0.15, 0.2) is 6.29 Å².